The number of nitrogens with zero attached hydrogens (tertiary/aromatic N) is 3. The smallest absolute Gasteiger partial charge is 0.243 e. The summed E-state index contributed by atoms with van der Waals surface area (Å²) in [6, 6.07) is 13.7. The van der Waals surface area contributed by atoms with Gasteiger partial charge in [-0.1, -0.05) is 42.0 Å². The van der Waals surface area contributed by atoms with Gasteiger partial charge in [0.2, 0.25) is 15.9 Å². The zero-order valence-electron chi connectivity index (χ0n) is 20.8. The first-order chi connectivity index (χ1) is 16.8. The lowest BCUT2D eigenvalue weighted by atomic mass is 9.97. The van der Waals surface area contributed by atoms with Gasteiger partial charge < -0.3 is 9.47 Å². The van der Waals surface area contributed by atoms with Crippen molar-refractivity contribution in [2.75, 3.05) is 26.2 Å². The van der Waals surface area contributed by atoms with Gasteiger partial charge in [0, 0.05) is 48.3 Å². The lowest BCUT2D eigenvalue weighted by Crippen LogP contribution is -2.35. The highest BCUT2D eigenvalue weighted by Gasteiger charge is 2.29. The Morgan fingerprint density at radius 1 is 0.971 bits per heavy atom. The molecule has 2 aliphatic heterocycles. The molecule has 3 heterocycles. The molecule has 0 radical (unpaired) electrons. The van der Waals surface area contributed by atoms with Crippen LogP contribution < -0.4 is 0 Å². The maximum atomic E-state index is 13.3. The van der Waals surface area contributed by atoms with Gasteiger partial charge in [0.25, 0.3) is 0 Å². The summed E-state index contributed by atoms with van der Waals surface area (Å²) in [4.78, 5) is 15.3. The van der Waals surface area contributed by atoms with E-state index in [1.807, 2.05) is 49.1 Å². The van der Waals surface area contributed by atoms with Crippen LogP contribution in [0.3, 0.4) is 0 Å². The number of aryl methyl sites for hydroxylation is 2. The van der Waals surface area contributed by atoms with E-state index in [2.05, 4.69) is 23.6 Å². The average Bonchev–Trinajstić information content (AvgIpc) is 3.46. The normalized spacial score (nSPS) is 17.2. The molecule has 7 heteroatoms. The van der Waals surface area contributed by atoms with E-state index >= 15 is 0 Å². The van der Waals surface area contributed by atoms with Gasteiger partial charge in [-0.25, -0.2) is 8.42 Å². The topological polar surface area (TPSA) is 62.6 Å². The predicted molar refractivity (Wildman–Crippen MR) is 140 cm³/mol. The number of fused-ring (bicyclic) bond motifs is 1. The third-order valence-corrected chi connectivity index (χ3v) is 9.45. The Morgan fingerprint density at radius 3 is 2.40 bits per heavy atom. The number of likely N-dealkylation sites (tertiary alicyclic amines) is 1. The van der Waals surface area contributed by atoms with Crippen molar-refractivity contribution in [3.8, 4) is 0 Å². The summed E-state index contributed by atoms with van der Waals surface area (Å²) in [6.45, 7) is 8.71. The van der Waals surface area contributed by atoms with Crippen molar-refractivity contribution in [2.45, 2.75) is 51.5 Å². The summed E-state index contributed by atoms with van der Waals surface area (Å²) in [5.41, 5.74) is 6.24. The van der Waals surface area contributed by atoms with Crippen LogP contribution in [-0.2, 0) is 21.4 Å². The zero-order valence-corrected chi connectivity index (χ0v) is 21.6. The molecule has 0 unspecified atom stereocenters. The lowest BCUT2D eigenvalue weighted by Gasteiger charge is -2.27. The molecule has 35 heavy (non-hydrogen) atoms. The minimum Gasteiger partial charge on any atom is -0.341 e. The highest BCUT2D eigenvalue weighted by Crippen LogP contribution is 2.35. The number of carbonyl (C=O) groups excluding carboxylic acids is 1. The monoisotopic (exact) mass is 491 g/mol. The Balaban J connectivity index is 1.45. The molecule has 0 N–H and O–H groups in total. The second-order valence-electron chi connectivity index (χ2n) is 9.76. The van der Waals surface area contributed by atoms with Crippen molar-refractivity contribution >= 4 is 32.4 Å². The maximum absolute atomic E-state index is 13.3. The Morgan fingerprint density at radius 2 is 1.71 bits per heavy atom. The van der Waals surface area contributed by atoms with Crippen LogP contribution in [0.15, 0.2) is 53.4 Å². The lowest BCUT2D eigenvalue weighted by molar-refractivity contribution is -0.130. The fourth-order valence-electron chi connectivity index (χ4n) is 5.57. The Bertz CT molecular complexity index is 1430. The number of sulfonamides is 1. The van der Waals surface area contributed by atoms with Crippen LogP contribution in [0.1, 0.15) is 41.6 Å². The number of carbonyl (C=O) groups is 1. The Hall–Kier alpha value is -2.90. The number of rotatable bonds is 5. The van der Waals surface area contributed by atoms with Gasteiger partial charge in [0.1, 0.15) is 6.54 Å². The van der Waals surface area contributed by atoms with E-state index in [4.69, 9.17) is 0 Å². The van der Waals surface area contributed by atoms with Crippen LogP contribution in [0.2, 0.25) is 0 Å². The van der Waals surface area contributed by atoms with Crippen LogP contribution in [0.25, 0.3) is 16.5 Å². The molecule has 6 nitrogen and oxygen atoms in total. The Kier molecular flexibility index (Phi) is 6.32. The molecule has 0 bridgehead atoms. The van der Waals surface area contributed by atoms with E-state index in [1.165, 1.54) is 0 Å². The quantitative estimate of drug-likeness (QED) is 0.521. The fourth-order valence-corrected chi connectivity index (χ4v) is 7.15. The molecule has 1 amide bonds. The largest absolute Gasteiger partial charge is 0.341 e. The van der Waals surface area contributed by atoms with Crippen LogP contribution in [0.5, 0.6) is 0 Å². The van der Waals surface area contributed by atoms with E-state index in [9.17, 15) is 13.2 Å². The molecule has 0 aliphatic carbocycles. The van der Waals surface area contributed by atoms with Gasteiger partial charge in [0.05, 0.1) is 4.90 Å². The number of aromatic nitrogens is 1. The van der Waals surface area contributed by atoms with Crippen molar-refractivity contribution in [1.82, 2.24) is 13.8 Å². The summed E-state index contributed by atoms with van der Waals surface area (Å²) in [6.07, 6.45) is 4.85. The van der Waals surface area contributed by atoms with Gasteiger partial charge in [-0.3, -0.25) is 4.79 Å². The predicted octanol–water partition coefficient (Wildman–Crippen LogP) is 4.67. The maximum Gasteiger partial charge on any atom is 0.243 e. The molecule has 0 atom stereocenters. The molecule has 1 fully saturated rings. The minimum atomic E-state index is -3.55. The molecule has 1 aromatic heterocycles. The first-order valence-electron chi connectivity index (χ1n) is 12.4. The summed E-state index contributed by atoms with van der Waals surface area (Å²) >= 11 is 0. The number of para-hydroxylation sites is 1. The van der Waals surface area contributed by atoms with E-state index < -0.39 is 10.0 Å². The van der Waals surface area contributed by atoms with Crippen LogP contribution in [0.4, 0.5) is 0 Å². The second-order valence-corrected chi connectivity index (χ2v) is 11.7. The van der Waals surface area contributed by atoms with Crippen molar-refractivity contribution in [1.29, 1.82) is 0 Å². The SMILES string of the molecule is Cc1ccc(S(=O)(=O)N2CC=C(c3c(C)n(CC(=O)N4CCCC4)c4ccccc34)CC2)c(C)c1. The third-order valence-electron chi connectivity index (χ3n) is 7.42. The third kappa shape index (κ3) is 4.32. The molecule has 2 aromatic carbocycles. The first kappa shape index (κ1) is 23.8. The van der Waals surface area contributed by atoms with Crippen molar-refractivity contribution in [3.63, 3.8) is 0 Å². The van der Waals surface area contributed by atoms with Crippen LogP contribution in [0, 0.1) is 20.8 Å². The molecule has 1 saturated heterocycles. The van der Waals surface area contributed by atoms with Gasteiger partial charge in [-0.2, -0.15) is 4.31 Å². The summed E-state index contributed by atoms with van der Waals surface area (Å²) < 4.78 is 30.4. The van der Waals surface area contributed by atoms with Crippen molar-refractivity contribution in [2.24, 2.45) is 0 Å². The van der Waals surface area contributed by atoms with E-state index in [0.29, 0.717) is 31.0 Å². The van der Waals surface area contributed by atoms with Gasteiger partial charge in [-0.15, -0.1) is 0 Å². The molecule has 2 aliphatic rings. The number of benzene rings is 2. The summed E-state index contributed by atoms with van der Waals surface area (Å²) in [5, 5.41) is 1.12. The fraction of sp³-hybridized carbons (Fsp3) is 0.393. The Labute approximate surface area is 207 Å². The molecule has 184 valence electrons. The molecule has 0 saturated carbocycles. The highest BCUT2D eigenvalue weighted by molar-refractivity contribution is 7.89. The molecular formula is C28H33N3O3S. The standard InChI is InChI=1S/C28H33N3O3S/c1-20-10-11-26(21(2)18-20)35(33,34)30-16-12-23(13-17-30)28-22(3)31(25-9-5-4-8-24(25)28)19-27(32)29-14-6-7-15-29/h4-5,8-12,18H,6-7,13-17,19H2,1-3H3. The summed E-state index contributed by atoms with van der Waals surface area (Å²) in [5.74, 6) is 0.168. The number of amides is 1. The van der Waals surface area contributed by atoms with Crippen molar-refractivity contribution < 1.29 is 13.2 Å². The number of hydrogen-bond donors (Lipinski definition) is 0. The highest BCUT2D eigenvalue weighted by atomic mass is 32.2. The molecule has 3 aromatic rings. The summed E-state index contributed by atoms with van der Waals surface area (Å²) in [7, 11) is -3.55. The van der Waals surface area contributed by atoms with Crippen LogP contribution >= 0.6 is 0 Å². The number of hydrogen-bond acceptors (Lipinski definition) is 3. The van der Waals surface area contributed by atoms with E-state index in [0.717, 1.165) is 64.8 Å². The minimum absolute atomic E-state index is 0.168. The molecule has 0 spiro atoms. The second kappa shape index (κ2) is 9.28. The van der Waals surface area contributed by atoms with Crippen LogP contribution in [-0.4, -0.2) is 54.3 Å². The van der Waals surface area contributed by atoms with Crippen molar-refractivity contribution in [3.05, 3.63) is 70.9 Å². The van der Waals surface area contributed by atoms with E-state index in [1.54, 1.807) is 10.4 Å². The first-order valence-corrected chi connectivity index (χ1v) is 13.8. The zero-order chi connectivity index (χ0) is 24.7. The van der Waals surface area contributed by atoms with E-state index in [-0.39, 0.29) is 5.91 Å². The molecular weight excluding hydrogens is 458 g/mol. The van der Waals surface area contributed by atoms with Gasteiger partial charge >= 0.3 is 0 Å². The average molecular weight is 492 g/mol. The molecule has 5 rings (SSSR count). The van der Waals surface area contributed by atoms with Gasteiger partial charge in [-0.05, 0) is 63.3 Å². The van der Waals surface area contributed by atoms with Gasteiger partial charge in [0.15, 0.2) is 0 Å².